The van der Waals surface area contributed by atoms with E-state index in [9.17, 15) is 19.5 Å². The lowest BCUT2D eigenvalue weighted by Gasteiger charge is -2.12. The van der Waals surface area contributed by atoms with Crippen LogP contribution in [0.3, 0.4) is 0 Å². The summed E-state index contributed by atoms with van der Waals surface area (Å²) in [7, 11) is 0. The van der Waals surface area contributed by atoms with Crippen LogP contribution < -0.4 is 10.1 Å². The largest absolute Gasteiger partial charge is 0.505 e. The molecule has 0 atom stereocenters. The van der Waals surface area contributed by atoms with E-state index in [1.165, 1.54) is 31.2 Å². The smallest absolute Gasteiger partial charge is 0.342 e. The van der Waals surface area contributed by atoms with Crippen molar-refractivity contribution >= 4 is 35.1 Å². The highest BCUT2D eigenvalue weighted by Crippen LogP contribution is 2.32. The van der Waals surface area contributed by atoms with E-state index in [1.807, 2.05) is 0 Å². The summed E-state index contributed by atoms with van der Waals surface area (Å²) in [6.45, 7) is 2.95. The number of hydrogen-bond acceptors (Lipinski definition) is 6. The Labute approximate surface area is 154 Å². The monoisotopic (exact) mass is 377 g/mol. The van der Waals surface area contributed by atoms with Crippen molar-refractivity contribution in [2.75, 3.05) is 11.9 Å². The molecule has 136 valence electrons. The molecule has 2 aromatic carbocycles. The topological polar surface area (TPSA) is 102 Å². The van der Waals surface area contributed by atoms with Crippen molar-refractivity contribution in [3.05, 3.63) is 52.5 Å². The molecule has 8 heteroatoms. The number of phenolic OH excluding ortho intramolecular Hbond substituents is 1. The molecular weight excluding hydrogens is 362 g/mol. The Morgan fingerprint density at radius 1 is 1.15 bits per heavy atom. The maximum Gasteiger partial charge on any atom is 0.342 e. The fourth-order valence-corrected chi connectivity index (χ4v) is 2.35. The first-order valence-corrected chi connectivity index (χ1v) is 7.99. The molecule has 26 heavy (non-hydrogen) atoms. The normalized spacial score (nSPS) is 10.1. The van der Waals surface area contributed by atoms with E-state index in [1.54, 1.807) is 19.1 Å². The second-order valence-electron chi connectivity index (χ2n) is 5.12. The molecule has 7 nitrogen and oxygen atoms in total. The zero-order chi connectivity index (χ0) is 19.3. The molecule has 0 radical (unpaired) electrons. The van der Waals surface area contributed by atoms with E-state index < -0.39 is 23.6 Å². The first-order chi connectivity index (χ1) is 12.3. The van der Waals surface area contributed by atoms with Crippen molar-refractivity contribution < 1.29 is 29.0 Å². The Morgan fingerprint density at radius 3 is 2.50 bits per heavy atom. The summed E-state index contributed by atoms with van der Waals surface area (Å²) in [4.78, 5) is 35.5. The van der Waals surface area contributed by atoms with Gasteiger partial charge >= 0.3 is 11.9 Å². The number of amides is 1. The third-order valence-electron chi connectivity index (χ3n) is 3.20. The molecule has 0 aliphatic heterocycles. The molecule has 0 saturated heterocycles. The number of phenols is 1. The lowest BCUT2D eigenvalue weighted by atomic mass is 10.1. The summed E-state index contributed by atoms with van der Waals surface area (Å²) in [6, 6.07) is 8.70. The van der Waals surface area contributed by atoms with E-state index in [4.69, 9.17) is 21.1 Å². The quantitative estimate of drug-likeness (QED) is 0.470. The predicted molar refractivity (Wildman–Crippen MR) is 94.8 cm³/mol. The van der Waals surface area contributed by atoms with Gasteiger partial charge in [-0.15, -0.1) is 0 Å². The average molecular weight is 378 g/mol. The van der Waals surface area contributed by atoms with Gasteiger partial charge in [-0.05, 0) is 31.2 Å². The highest BCUT2D eigenvalue weighted by molar-refractivity contribution is 6.33. The number of carbonyl (C=O) groups is 3. The summed E-state index contributed by atoms with van der Waals surface area (Å²) < 4.78 is 9.84. The Hall–Kier alpha value is -3.06. The van der Waals surface area contributed by atoms with Crippen LogP contribution in [0.4, 0.5) is 5.69 Å². The lowest BCUT2D eigenvalue weighted by molar-refractivity contribution is -0.131. The molecule has 2 rings (SSSR count). The maximum absolute atomic E-state index is 12.5. The van der Waals surface area contributed by atoms with Gasteiger partial charge in [0.2, 0.25) is 0 Å². The standard InChI is InChI=1S/C18H16ClNO6/c1-3-25-18(24)13-8-11(9-14(19)16(13)22)20-17(23)12-6-4-5-7-15(12)26-10(2)21/h4-9,22H,3H2,1-2H3,(H,20,23). The average Bonchev–Trinajstić information content (AvgIpc) is 2.58. The zero-order valence-corrected chi connectivity index (χ0v) is 14.8. The molecule has 0 aliphatic carbocycles. The molecule has 0 heterocycles. The second-order valence-corrected chi connectivity index (χ2v) is 5.53. The number of aromatic hydroxyl groups is 1. The minimum absolute atomic E-state index is 0.0907. The molecule has 0 aliphatic rings. The highest BCUT2D eigenvalue weighted by atomic mass is 35.5. The number of anilines is 1. The number of carbonyl (C=O) groups excluding carboxylic acids is 3. The zero-order valence-electron chi connectivity index (χ0n) is 14.0. The van der Waals surface area contributed by atoms with E-state index in [-0.39, 0.29) is 34.2 Å². The van der Waals surface area contributed by atoms with Gasteiger partial charge in [-0.2, -0.15) is 0 Å². The number of halogens is 1. The SMILES string of the molecule is CCOC(=O)c1cc(NC(=O)c2ccccc2OC(C)=O)cc(Cl)c1O. The van der Waals surface area contributed by atoms with Crippen LogP contribution in [0.25, 0.3) is 0 Å². The summed E-state index contributed by atoms with van der Waals surface area (Å²) in [6.07, 6.45) is 0. The van der Waals surface area contributed by atoms with Gasteiger partial charge in [0.05, 0.1) is 17.2 Å². The van der Waals surface area contributed by atoms with Crippen LogP contribution in [-0.4, -0.2) is 29.6 Å². The van der Waals surface area contributed by atoms with Crippen LogP contribution in [0.5, 0.6) is 11.5 Å². The van der Waals surface area contributed by atoms with Crippen LogP contribution in [0, 0.1) is 0 Å². The van der Waals surface area contributed by atoms with Crippen molar-refractivity contribution in [2.24, 2.45) is 0 Å². The molecule has 0 unspecified atom stereocenters. The van der Waals surface area contributed by atoms with E-state index in [0.29, 0.717) is 0 Å². The molecule has 0 spiro atoms. The third kappa shape index (κ3) is 4.52. The first-order valence-electron chi connectivity index (χ1n) is 7.62. The Bertz CT molecular complexity index is 865. The highest BCUT2D eigenvalue weighted by Gasteiger charge is 2.19. The number of benzene rings is 2. The van der Waals surface area contributed by atoms with Gasteiger partial charge in [0.1, 0.15) is 17.1 Å². The summed E-state index contributed by atoms with van der Waals surface area (Å²) >= 11 is 5.91. The Morgan fingerprint density at radius 2 is 1.85 bits per heavy atom. The van der Waals surface area contributed by atoms with Gasteiger partial charge in [-0.1, -0.05) is 23.7 Å². The lowest BCUT2D eigenvalue weighted by Crippen LogP contribution is -2.15. The fraction of sp³-hybridized carbons (Fsp3) is 0.167. The molecule has 0 saturated carbocycles. The van der Waals surface area contributed by atoms with Gasteiger partial charge in [0.15, 0.2) is 0 Å². The van der Waals surface area contributed by atoms with Crippen LogP contribution in [0.2, 0.25) is 5.02 Å². The molecule has 1 amide bonds. The minimum Gasteiger partial charge on any atom is -0.505 e. The molecule has 0 bridgehead atoms. The van der Waals surface area contributed by atoms with Gasteiger partial charge < -0.3 is 19.9 Å². The van der Waals surface area contributed by atoms with Crippen molar-refractivity contribution in [1.29, 1.82) is 0 Å². The fourth-order valence-electron chi connectivity index (χ4n) is 2.13. The van der Waals surface area contributed by atoms with Crippen molar-refractivity contribution in [3.63, 3.8) is 0 Å². The summed E-state index contributed by atoms with van der Waals surface area (Å²) in [5.41, 5.74) is 0.103. The van der Waals surface area contributed by atoms with Gasteiger partial charge in [-0.25, -0.2) is 4.79 Å². The van der Waals surface area contributed by atoms with E-state index in [2.05, 4.69) is 5.32 Å². The Kier molecular flexibility index (Phi) is 6.19. The second kappa shape index (κ2) is 8.35. The number of ether oxygens (including phenoxy) is 2. The number of nitrogens with one attached hydrogen (secondary N) is 1. The third-order valence-corrected chi connectivity index (χ3v) is 3.49. The van der Waals surface area contributed by atoms with Crippen LogP contribution in [0.1, 0.15) is 34.6 Å². The Balaban J connectivity index is 2.33. The number of hydrogen-bond donors (Lipinski definition) is 2. The summed E-state index contributed by atoms with van der Waals surface area (Å²) in [5, 5.41) is 12.3. The van der Waals surface area contributed by atoms with Crippen LogP contribution >= 0.6 is 11.6 Å². The first kappa shape index (κ1) is 19.3. The van der Waals surface area contributed by atoms with Crippen LogP contribution in [0.15, 0.2) is 36.4 Å². The molecular formula is C18H16ClNO6. The van der Waals surface area contributed by atoms with Gasteiger partial charge in [-0.3, -0.25) is 9.59 Å². The maximum atomic E-state index is 12.5. The minimum atomic E-state index is -0.775. The van der Waals surface area contributed by atoms with Crippen molar-refractivity contribution in [3.8, 4) is 11.5 Å². The summed E-state index contributed by atoms with van der Waals surface area (Å²) in [5.74, 6) is -2.28. The van der Waals surface area contributed by atoms with Crippen molar-refractivity contribution in [2.45, 2.75) is 13.8 Å². The van der Waals surface area contributed by atoms with E-state index in [0.717, 1.165) is 0 Å². The predicted octanol–water partition coefficient (Wildman–Crippen LogP) is 3.40. The molecule has 0 aromatic heterocycles. The number of rotatable bonds is 5. The molecule has 0 fully saturated rings. The van der Waals surface area contributed by atoms with Crippen LogP contribution in [-0.2, 0) is 9.53 Å². The number of para-hydroxylation sites is 1. The van der Waals surface area contributed by atoms with E-state index >= 15 is 0 Å². The van der Waals surface area contributed by atoms with Gasteiger partial charge in [0.25, 0.3) is 5.91 Å². The number of esters is 2. The van der Waals surface area contributed by atoms with Crippen molar-refractivity contribution in [1.82, 2.24) is 0 Å². The molecule has 2 aromatic rings. The molecule has 2 N–H and O–H groups in total. The van der Waals surface area contributed by atoms with Gasteiger partial charge in [0, 0.05) is 12.6 Å².